The van der Waals surface area contributed by atoms with E-state index in [1.165, 1.54) is 31.7 Å². The van der Waals surface area contributed by atoms with Crippen LogP contribution in [0.3, 0.4) is 0 Å². The van der Waals surface area contributed by atoms with Gasteiger partial charge in [0.25, 0.3) is 0 Å². The highest BCUT2D eigenvalue weighted by atomic mass is 28.3. The standard InChI is InChI=1S/C9H19Si/c1-4-6-7-8-9-10(3)5-2/h5H,2,4,6-9H2,1,3H3. The van der Waals surface area contributed by atoms with Crippen molar-refractivity contribution in [3.63, 3.8) is 0 Å². The summed E-state index contributed by atoms with van der Waals surface area (Å²) in [4.78, 5) is 0. The normalized spacial score (nSPS) is 10.3. The smallest absolute Gasteiger partial charge is 0.0717 e. The van der Waals surface area contributed by atoms with E-state index in [1.807, 2.05) is 0 Å². The minimum atomic E-state index is -0.146. The van der Waals surface area contributed by atoms with Crippen LogP contribution in [0, 0.1) is 0 Å². The van der Waals surface area contributed by atoms with Gasteiger partial charge in [0.15, 0.2) is 0 Å². The Balaban J connectivity index is 2.95. The van der Waals surface area contributed by atoms with E-state index in [9.17, 15) is 0 Å². The lowest BCUT2D eigenvalue weighted by molar-refractivity contribution is 0.699. The summed E-state index contributed by atoms with van der Waals surface area (Å²) in [7, 11) is -0.146. The molecule has 0 aromatic heterocycles. The molecular weight excluding hydrogens is 136 g/mol. The Bertz CT molecular complexity index is 78.8. The molecule has 0 N–H and O–H groups in total. The van der Waals surface area contributed by atoms with Crippen LogP contribution in [0.1, 0.15) is 32.6 Å². The van der Waals surface area contributed by atoms with Crippen molar-refractivity contribution in [3.05, 3.63) is 12.3 Å². The van der Waals surface area contributed by atoms with Gasteiger partial charge < -0.3 is 0 Å². The van der Waals surface area contributed by atoms with Crippen LogP contribution < -0.4 is 0 Å². The van der Waals surface area contributed by atoms with Crippen molar-refractivity contribution in [3.8, 4) is 0 Å². The number of unbranched alkanes of at least 4 members (excludes halogenated alkanes) is 3. The van der Waals surface area contributed by atoms with Crippen LogP contribution in [-0.2, 0) is 0 Å². The summed E-state index contributed by atoms with van der Waals surface area (Å²) >= 11 is 0. The van der Waals surface area contributed by atoms with Crippen LogP contribution >= 0.6 is 0 Å². The summed E-state index contributed by atoms with van der Waals surface area (Å²) in [6.07, 6.45) is 5.60. The first-order valence-electron chi connectivity index (χ1n) is 4.26. The highest BCUT2D eigenvalue weighted by molar-refractivity contribution is 6.62. The molecule has 1 heteroatoms. The molecule has 1 radical (unpaired) electrons. The first kappa shape index (κ1) is 9.96. The van der Waals surface area contributed by atoms with Gasteiger partial charge in [-0.05, 0) is 0 Å². The van der Waals surface area contributed by atoms with Gasteiger partial charge in [0.1, 0.15) is 0 Å². The van der Waals surface area contributed by atoms with Gasteiger partial charge in [-0.1, -0.05) is 45.2 Å². The Kier molecular flexibility index (Phi) is 7.04. The van der Waals surface area contributed by atoms with Gasteiger partial charge in [-0.25, -0.2) is 0 Å². The molecule has 0 unspecified atom stereocenters. The molecule has 0 saturated carbocycles. The van der Waals surface area contributed by atoms with Crippen LogP contribution in [0.2, 0.25) is 12.6 Å². The first-order chi connectivity index (χ1) is 4.81. The molecule has 0 atom stereocenters. The molecule has 0 spiro atoms. The van der Waals surface area contributed by atoms with E-state index in [-0.39, 0.29) is 8.80 Å². The third kappa shape index (κ3) is 6.08. The lowest BCUT2D eigenvalue weighted by atomic mass is 10.2. The molecule has 0 aliphatic carbocycles. The molecule has 0 aromatic carbocycles. The minimum absolute atomic E-state index is 0.146. The van der Waals surface area contributed by atoms with Crippen molar-refractivity contribution in [1.82, 2.24) is 0 Å². The molecule has 0 aliphatic heterocycles. The van der Waals surface area contributed by atoms with E-state index in [0.717, 1.165) is 0 Å². The summed E-state index contributed by atoms with van der Waals surface area (Å²) in [6, 6.07) is 1.42. The number of rotatable bonds is 6. The van der Waals surface area contributed by atoms with Gasteiger partial charge in [0, 0.05) is 0 Å². The monoisotopic (exact) mass is 155 g/mol. The van der Waals surface area contributed by atoms with Gasteiger partial charge in [0.2, 0.25) is 0 Å². The second kappa shape index (κ2) is 7.07. The lowest BCUT2D eigenvalue weighted by Crippen LogP contribution is -2.00. The van der Waals surface area contributed by atoms with Gasteiger partial charge in [-0.2, -0.15) is 0 Å². The van der Waals surface area contributed by atoms with E-state index >= 15 is 0 Å². The lowest BCUT2D eigenvalue weighted by Gasteiger charge is -2.01. The molecule has 0 bridgehead atoms. The average Bonchev–Trinajstić information content (AvgIpc) is 1.98. The topological polar surface area (TPSA) is 0 Å². The average molecular weight is 155 g/mol. The molecule has 59 valence electrons. The highest BCUT2D eigenvalue weighted by Crippen LogP contribution is 2.05. The Morgan fingerprint density at radius 2 is 2.00 bits per heavy atom. The van der Waals surface area contributed by atoms with Crippen molar-refractivity contribution < 1.29 is 0 Å². The van der Waals surface area contributed by atoms with Crippen molar-refractivity contribution >= 4 is 8.80 Å². The fourth-order valence-corrected chi connectivity index (χ4v) is 1.94. The molecule has 0 aromatic rings. The van der Waals surface area contributed by atoms with E-state index < -0.39 is 0 Å². The predicted molar refractivity (Wildman–Crippen MR) is 50.8 cm³/mol. The number of hydrogen-bond donors (Lipinski definition) is 0. The molecule has 0 amide bonds. The molecule has 0 fully saturated rings. The second-order valence-corrected chi connectivity index (χ2v) is 5.46. The summed E-state index contributed by atoms with van der Waals surface area (Å²) in [5.74, 6) is 0. The molecule has 10 heavy (non-hydrogen) atoms. The Morgan fingerprint density at radius 1 is 1.30 bits per heavy atom. The van der Waals surface area contributed by atoms with E-state index in [0.29, 0.717) is 0 Å². The SMILES string of the molecule is C=C[Si](C)CCCCCC. The maximum absolute atomic E-state index is 3.80. The Morgan fingerprint density at radius 3 is 2.50 bits per heavy atom. The van der Waals surface area contributed by atoms with Crippen LogP contribution in [0.5, 0.6) is 0 Å². The van der Waals surface area contributed by atoms with Crippen molar-refractivity contribution in [2.24, 2.45) is 0 Å². The van der Waals surface area contributed by atoms with Crippen molar-refractivity contribution in [2.45, 2.75) is 45.2 Å². The maximum Gasteiger partial charge on any atom is 0.0717 e. The fraction of sp³-hybridized carbons (Fsp3) is 0.778. The van der Waals surface area contributed by atoms with Gasteiger partial charge >= 0.3 is 0 Å². The van der Waals surface area contributed by atoms with Crippen molar-refractivity contribution in [1.29, 1.82) is 0 Å². The highest BCUT2D eigenvalue weighted by Gasteiger charge is 1.96. The molecule has 0 saturated heterocycles. The summed E-state index contributed by atoms with van der Waals surface area (Å²) in [6.45, 7) is 8.40. The predicted octanol–water partition coefficient (Wildman–Crippen LogP) is 3.42. The second-order valence-electron chi connectivity index (χ2n) is 2.86. The van der Waals surface area contributed by atoms with Crippen LogP contribution in [-0.4, -0.2) is 8.80 Å². The van der Waals surface area contributed by atoms with E-state index in [2.05, 4.69) is 25.7 Å². The molecule has 0 nitrogen and oxygen atoms in total. The Labute approximate surface area is 66.9 Å². The zero-order chi connectivity index (χ0) is 7.82. The number of hydrogen-bond acceptors (Lipinski definition) is 0. The van der Waals surface area contributed by atoms with E-state index in [4.69, 9.17) is 0 Å². The first-order valence-corrected chi connectivity index (χ1v) is 6.54. The van der Waals surface area contributed by atoms with Crippen LogP contribution in [0.4, 0.5) is 0 Å². The summed E-state index contributed by atoms with van der Waals surface area (Å²) in [5.41, 5.74) is 2.15. The third-order valence-corrected chi connectivity index (χ3v) is 3.61. The molecule has 0 aliphatic rings. The summed E-state index contributed by atoms with van der Waals surface area (Å²) < 4.78 is 0. The molecular formula is C9H19Si. The van der Waals surface area contributed by atoms with Gasteiger partial charge in [0.05, 0.1) is 8.80 Å². The summed E-state index contributed by atoms with van der Waals surface area (Å²) in [5, 5.41) is 0. The molecule has 0 heterocycles. The van der Waals surface area contributed by atoms with Gasteiger partial charge in [-0.3, -0.25) is 0 Å². The zero-order valence-electron chi connectivity index (χ0n) is 7.32. The quantitative estimate of drug-likeness (QED) is 0.407. The van der Waals surface area contributed by atoms with Gasteiger partial charge in [-0.15, -0.1) is 12.3 Å². The Hall–Kier alpha value is -0.0431. The third-order valence-electron chi connectivity index (χ3n) is 1.77. The molecule has 0 rings (SSSR count). The van der Waals surface area contributed by atoms with Crippen LogP contribution in [0.25, 0.3) is 0 Å². The zero-order valence-corrected chi connectivity index (χ0v) is 8.32. The minimum Gasteiger partial charge on any atom is -0.107 e. The van der Waals surface area contributed by atoms with Crippen molar-refractivity contribution in [2.75, 3.05) is 0 Å². The van der Waals surface area contributed by atoms with E-state index in [1.54, 1.807) is 0 Å². The van der Waals surface area contributed by atoms with Crippen LogP contribution in [0.15, 0.2) is 12.3 Å². The maximum atomic E-state index is 3.80. The largest absolute Gasteiger partial charge is 0.107 e. The fourth-order valence-electron chi connectivity index (χ4n) is 0.933.